The van der Waals surface area contributed by atoms with Crippen LogP contribution in [0.15, 0.2) is 36.7 Å². The average Bonchev–Trinajstić information content (AvgIpc) is 2.82. The minimum absolute atomic E-state index is 0.0733. The molecule has 0 aliphatic carbocycles. The van der Waals surface area contributed by atoms with E-state index >= 15 is 0 Å². The van der Waals surface area contributed by atoms with Gasteiger partial charge in [0.15, 0.2) is 11.5 Å². The van der Waals surface area contributed by atoms with Crippen molar-refractivity contribution in [2.24, 2.45) is 0 Å². The number of nitrogens with zero attached hydrogens (tertiary/aromatic N) is 3. The van der Waals surface area contributed by atoms with E-state index in [4.69, 9.17) is 9.47 Å². The van der Waals surface area contributed by atoms with Crippen molar-refractivity contribution >= 4 is 17.8 Å². The maximum atomic E-state index is 14.5. The van der Waals surface area contributed by atoms with Crippen molar-refractivity contribution in [2.75, 3.05) is 27.2 Å². The zero-order valence-electron chi connectivity index (χ0n) is 23.4. The summed E-state index contributed by atoms with van der Waals surface area (Å²) < 4.78 is 11.4. The molecule has 1 aliphatic heterocycles. The summed E-state index contributed by atoms with van der Waals surface area (Å²) >= 11 is 0. The van der Waals surface area contributed by atoms with Gasteiger partial charge in [0.25, 0.3) is 5.91 Å². The van der Waals surface area contributed by atoms with Gasteiger partial charge in [0, 0.05) is 55.3 Å². The molecular formula is C29H37N3O6. The van der Waals surface area contributed by atoms with E-state index in [2.05, 4.69) is 4.98 Å². The number of hydrogen-bond acceptors (Lipinski definition) is 8. The molecule has 0 fully saturated rings. The number of ether oxygens (including phenoxy) is 2. The molecule has 0 unspecified atom stereocenters. The van der Waals surface area contributed by atoms with Gasteiger partial charge in [0.1, 0.15) is 11.3 Å². The van der Waals surface area contributed by atoms with Gasteiger partial charge < -0.3 is 24.4 Å². The smallest absolute Gasteiger partial charge is 0.336 e. The van der Waals surface area contributed by atoms with Crippen LogP contribution in [-0.2, 0) is 27.0 Å². The lowest BCUT2D eigenvalue weighted by Gasteiger charge is -2.33. The van der Waals surface area contributed by atoms with Gasteiger partial charge in [-0.3, -0.25) is 9.78 Å². The zero-order chi connectivity index (χ0) is 28.4. The molecule has 1 aromatic heterocycles. The summed E-state index contributed by atoms with van der Waals surface area (Å²) in [5.74, 6) is -2.61. The van der Waals surface area contributed by atoms with E-state index < -0.39 is 28.7 Å². The van der Waals surface area contributed by atoms with Gasteiger partial charge in [-0.1, -0.05) is 41.5 Å². The number of benzene rings is 1. The monoisotopic (exact) mass is 523 g/mol. The zero-order valence-corrected chi connectivity index (χ0v) is 23.4. The Morgan fingerprint density at radius 1 is 0.868 bits per heavy atom. The Morgan fingerprint density at radius 2 is 1.34 bits per heavy atom. The largest absolute Gasteiger partial charge is 0.507 e. The third kappa shape index (κ3) is 6.39. The summed E-state index contributed by atoms with van der Waals surface area (Å²) in [7, 11) is 3.80. The van der Waals surface area contributed by atoms with Crippen molar-refractivity contribution in [1.29, 1.82) is 0 Å². The Morgan fingerprint density at radius 3 is 1.76 bits per heavy atom. The van der Waals surface area contributed by atoms with Crippen LogP contribution >= 0.6 is 0 Å². The minimum Gasteiger partial charge on any atom is -0.507 e. The van der Waals surface area contributed by atoms with Crippen molar-refractivity contribution in [3.63, 3.8) is 0 Å². The second-order valence-electron chi connectivity index (χ2n) is 11.7. The molecule has 2 aromatic rings. The number of fused-ring (bicyclic) bond motifs is 2. The van der Waals surface area contributed by atoms with Crippen molar-refractivity contribution < 1.29 is 29.0 Å². The first-order valence-electron chi connectivity index (χ1n) is 12.5. The first-order chi connectivity index (χ1) is 17.6. The van der Waals surface area contributed by atoms with Gasteiger partial charge in [0.05, 0.1) is 0 Å². The van der Waals surface area contributed by atoms with Crippen molar-refractivity contribution in [3.8, 4) is 17.2 Å². The molecular weight excluding hydrogens is 486 g/mol. The van der Waals surface area contributed by atoms with Crippen LogP contribution in [0.2, 0.25) is 0 Å². The van der Waals surface area contributed by atoms with Crippen LogP contribution in [0.3, 0.4) is 0 Å². The van der Waals surface area contributed by atoms with Crippen molar-refractivity contribution in [2.45, 2.75) is 58.9 Å². The Hall–Kier alpha value is -3.72. The van der Waals surface area contributed by atoms with E-state index in [-0.39, 0.29) is 40.5 Å². The maximum absolute atomic E-state index is 14.5. The van der Waals surface area contributed by atoms with Gasteiger partial charge in [0.2, 0.25) is 0 Å². The number of carbonyl (C=O) groups is 3. The van der Waals surface area contributed by atoms with Crippen molar-refractivity contribution in [1.82, 2.24) is 14.8 Å². The molecule has 1 N–H and O–H groups in total. The molecule has 2 heterocycles. The molecule has 0 saturated carbocycles. The number of phenolic OH excluding ortho intramolecular Hbond substituents is 1. The first kappa shape index (κ1) is 28.8. The molecule has 9 nitrogen and oxygen atoms in total. The SMILES string of the molecule is CN(C)CCN(Cc1ccncc1)C(=O)c1c2c(C(C)(C)C)c(O)c(C(C)(C)C)c1OC(=O)/C=C\C(=O)O2. The van der Waals surface area contributed by atoms with E-state index in [1.165, 1.54) is 0 Å². The normalized spacial score (nSPS) is 14.8. The highest BCUT2D eigenvalue weighted by molar-refractivity contribution is 6.05. The first-order valence-corrected chi connectivity index (χ1v) is 12.5. The molecule has 1 aromatic carbocycles. The lowest BCUT2D eigenvalue weighted by Crippen LogP contribution is -2.37. The molecule has 3 rings (SSSR count). The fourth-order valence-corrected chi connectivity index (χ4v) is 4.33. The number of amides is 1. The van der Waals surface area contributed by atoms with Crippen LogP contribution in [0.5, 0.6) is 17.2 Å². The van der Waals surface area contributed by atoms with E-state index in [0.717, 1.165) is 17.7 Å². The Balaban J connectivity index is 2.40. The van der Waals surface area contributed by atoms with Crippen LogP contribution in [0.25, 0.3) is 0 Å². The average molecular weight is 524 g/mol. The predicted octanol–water partition coefficient (Wildman–Crippen LogP) is 3.97. The molecule has 38 heavy (non-hydrogen) atoms. The van der Waals surface area contributed by atoms with E-state index in [1.54, 1.807) is 17.3 Å². The number of esters is 2. The second kappa shape index (κ2) is 10.9. The molecule has 1 aliphatic rings. The van der Waals surface area contributed by atoms with Crippen molar-refractivity contribution in [3.05, 3.63) is 58.9 Å². The van der Waals surface area contributed by atoms with Crippen LogP contribution in [-0.4, -0.2) is 64.9 Å². The van der Waals surface area contributed by atoms with Crippen LogP contribution < -0.4 is 9.47 Å². The lowest BCUT2D eigenvalue weighted by atomic mass is 9.76. The summed E-state index contributed by atoms with van der Waals surface area (Å²) in [5, 5.41) is 11.6. The molecule has 0 atom stereocenters. The molecule has 9 heteroatoms. The third-order valence-corrected chi connectivity index (χ3v) is 6.08. The molecule has 204 valence electrons. The number of hydrogen-bond donors (Lipinski definition) is 1. The third-order valence-electron chi connectivity index (χ3n) is 6.08. The van der Waals surface area contributed by atoms with Gasteiger partial charge >= 0.3 is 11.9 Å². The lowest BCUT2D eigenvalue weighted by molar-refractivity contribution is -0.131. The number of aromatic nitrogens is 1. The fraction of sp³-hybridized carbons (Fsp3) is 0.448. The topological polar surface area (TPSA) is 109 Å². The molecule has 0 radical (unpaired) electrons. The quantitative estimate of drug-likeness (QED) is 0.448. The summed E-state index contributed by atoms with van der Waals surface area (Å²) in [6, 6.07) is 3.63. The Labute approximate surface area is 224 Å². The van der Waals surface area contributed by atoms with Gasteiger partial charge in [-0.15, -0.1) is 0 Å². The summed E-state index contributed by atoms with van der Waals surface area (Å²) in [5.41, 5.74) is -0.142. The fourth-order valence-electron chi connectivity index (χ4n) is 4.33. The second-order valence-corrected chi connectivity index (χ2v) is 11.7. The molecule has 2 bridgehead atoms. The van der Waals surface area contributed by atoms with Gasteiger partial charge in [-0.25, -0.2) is 9.59 Å². The maximum Gasteiger partial charge on any atom is 0.336 e. The number of aromatic hydroxyl groups is 1. The van der Waals surface area contributed by atoms with Crippen LogP contribution in [0, 0.1) is 0 Å². The number of likely N-dealkylation sites (N-methyl/N-ethyl adjacent to an activating group) is 1. The highest BCUT2D eigenvalue weighted by atomic mass is 16.6. The standard InChI is InChI=1S/C29H37N3O6/c1-28(2,3)22-24(35)23(29(4,5)6)26-21(25(22)37-19(33)9-10-20(34)38-26)27(36)32(16-15-31(7)8)17-18-11-13-30-14-12-18/h9-14,35H,15-17H2,1-8H3/b10-9-. The predicted molar refractivity (Wildman–Crippen MR) is 143 cm³/mol. The van der Waals surface area contributed by atoms with E-state index in [9.17, 15) is 19.5 Å². The summed E-state index contributed by atoms with van der Waals surface area (Å²) in [6.45, 7) is 12.2. The van der Waals surface area contributed by atoms with E-state index in [0.29, 0.717) is 13.1 Å². The minimum atomic E-state index is -0.855. The number of phenols is 1. The van der Waals surface area contributed by atoms with E-state index in [1.807, 2.05) is 72.7 Å². The summed E-state index contributed by atoms with van der Waals surface area (Å²) in [6.07, 6.45) is 5.20. The highest BCUT2D eigenvalue weighted by Crippen LogP contribution is 2.52. The van der Waals surface area contributed by atoms with Gasteiger partial charge in [-0.2, -0.15) is 0 Å². The van der Waals surface area contributed by atoms with Crippen LogP contribution in [0.4, 0.5) is 0 Å². The highest BCUT2D eigenvalue weighted by Gasteiger charge is 2.41. The number of pyridine rings is 1. The number of carbonyl (C=O) groups excluding carboxylic acids is 3. The number of rotatable bonds is 6. The molecule has 0 saturated heterocycles. The summed E-state index contributed by atoms with van der Waals surface area (Å²) in [4.78, 5) is 47.5. The van der Waals surface area contributed by atoms with Gasteiger partial charge in [-0.05, 0) is 42.6 Å². The van der Waals surface area contributed by atoms with Crippen LogP contribution in [0.1, 0.15) is 68.6 Å². The molecule has 1 amide bonds. The Kier molecular flexibility index (Phi) is 8.31. The molecule has 0 spiro atoms. The Bertz CT molecular complexity index is 1190.